The smallest absolute Gasteiger partial charge is 0.223 e. The Balaban J connectivity index is 1.55. The number of likely N-dealkylation sites (tertiary alicyclic amines) is 2. The van der Waals surface area contributed by atoms with Crippen LogP contribution in [0, 0.1) is 5.92 Å². The zero-order valence-corrected chi connectivity index (χ0v) is 11.8. The van der Waals surface area contributed by atoms with E-state index in [4.69, 9.17) is 0 Å². The molecule has 1 aliphatic carbocycles. The van der Waals surface area contributed by atoms with Crippen LogP contribution in [0.25, 0.3) is 0 Å². The van der Waals surface area contributed by atoms with Gasteiger partial charge in [-0.2, -0.15) is 0 Å². The van der Waals surface area contributed by atoms with Crippen LogP contribution in [0.5, 0.6) is 0 Å². The minimum atomic E-state index is 0.154. The monoisotopic (exact) mass is 266 g/mol. The molecular weight excluding hydrogens is 240 g/mol. The molecule has 3 aliphatic rings. The first-order chi connectivity index (χ1) is 9.28. The molecule has 1 amide bonds. The van der Waals surface area contributed by atoms with Crippen molar-refractivity contribution in [3.05, 3.63) is 0 Å². The predicted octanol–water partition coefficient (Wildman–Crippen LogP) is 1.23. The zero-order valence-electron chi connectivity index (χ0n) is 11.8. The Kier molecular flexibility index (Phi) is 4.08. The van der Waals surface area contributed by atoms with E-state index in [1.54, 1.807) is 0 Å². The average Bonchev–Trinajstić information content (AvgIpc) is 3.06. The molecular formula is C15H26N2O2. The lowest BCUT2D eigenvalue weighted by molar-refractivity contribution is -0.129. The molecule has 19 heavy (non-hydrogen) atoms. The summed E-state index contributed by atoms with van der Waals surface area (Å²) in [5.41, 5.74) is 0. The quantitative estimate of drug-likeness (QED) is 0.835. The SMILES string of the molecule is O=C1CC(CO)CN1C1CCN(C2CCCCC2)C1. The Morgan fingerprint density at radius 1 is 1.05 bits per heavy atom. The molecule has 3 rings (SSSR count). The van der Waals surface area contributed by atoms with Crippen molar-refractivity contribution in [1.29, 1.82) is 0 Å². The van der Waals surface area contributed by atoms with Gasteiger partial charge in [-0.15, -0.1) is 0 Å². The normalized spacial score (nSPS) is 34.4. The van der Waals surface area contributed by atoms with Gasteiger partial charge in [-0.25, -0.2) is 0 Å². The molecule has 2 heterocycles. The third-order valence-electron chi connectivity index (χ3n) is 5.22. The number of aliphatic hydroxyl groups excluding tert-OH is 1. The number of nitrogens with zero attached hydrogens (tertiary/aromatic N) is 2. The summed E-state index contributed by atoms with van der Waals surface area (Å²) >= 11 is 0. The fourth-order valence-electron chi connectivity index (χ4n) is 4.08. The summed E-state index contributed by atoms with van der Waals surface area (Å²) < 4.78 is 0. The Hall–Kier alpha value is -0.610. The van der Waals surface area contributed by atoms with Gasteiger partial charge in [-0.05, 0) is 19.3 Å². The molecule has 0 aromatic heterocycles. The van der Waals surface area contributed by atoms with Crippen molar-refractivity contribution in [3.8, 4) is 0 Å². The Morgan fingerprint density at radius 2 is 1.84 bits per heavy atom. The van der Waals surface area contributed by atoms with Gasteiger partial charge in [0.15, 0.2) is 0 Å². The number of hydrogen-bond donors (Lipinski definition) is 1. The molecule has 2 unspecified atom stereocenters. The lowest BCUT2D eigenvalue weighted by Gasteiger charge is -2.32. The predicted molar refractivity (Wildman–Crippen MR) is 73.8 cm³/mol. The van der Waals surface area contributed by atoms with Crippen LogP contribution in [0.2, 0.25) is 0 Å². The van der Waals surface area contributed by atoms with E-state index in [-0.39, 0.29) is 18.4 Å². The molecule has 2 aliphatic heterocycles. The first kappa shape index (κ1) is 13.4. The number of rotatable bonds is 3. The molecule has 4 nitrogen and oxygen atoms in total. The first-order valence-corrected chi connectivity index (χ1v) is 7.92. The Morgan fingerprint density at radius 3 is 2.53 bits per heavy atom. The van der Waals surface area contributed by atoms with E-state index in [0.717, 1.165) is 32.1 Å². The number of aliphatic hydroxyl groups is 1. The van der Waals surface area contributed by atoms with Gasteiger partial charge < -0.3 is 10.0 Å². The maximum atomic E-state index is 12.0. The van der Waals surface area contributed by atoms with Gasteiger partial charge in [0.25, 0.3) is 0 Å². The van der Waals surface area contributed by atoms with E-state index < -0.39 is 0 Å². The van der Waals surface area contributed by atoms with Gasteiger partial charge in [-0.3, -0.25) is 9.69 Å². The van der Waals surface area contributed by atoms with Crippen LogP contribution < -0.4 is 0 Å². The van der Waals surface area contributed by atoms with E-state index in [1.807, 2.05) is 4.90 Å². The third-order valence-corrected chi connectivity index (χ3v) is 5.22. The van der Waals surface area contributed by atoms with Crippen molar-refractivity contribution in [2.45, 2.75) is 57.0 Å². The van der Waals surface area contributed by atoms with Gasteiger partial charge in [-0.1, -0.05) is 19.3 Å². The molecule has 0 radical (unpaired) electrons. The highest BCUT2D eigenvalue weighted by atomic mass is 16.3. The van der Waals surface area contributed by atoms with Crippen molar-refractivity contribution < 1.29 is 9.90 Å². The number of hydrogen-bond acceptors (Lipinski definition) is 3. The van der Waals surface area contributed by atoms with E-state index >= 15 is 0 Å². The van der Waals surface area contributed by atoms with E-state index in [9.17, 15) is 9.90 Å². The number of amides is 1. The van der Waals surface area contributed by atoms with Crippen LogP contribution in [0.15, 0.2) is 0 Å². The van der Waals surface area contributed by atoms with Gasteiger partial charge in [0.1, 0.15) is 0 Å². The van der Waals surface area contributed by atoms with Crippen molar-refractivity contribution in [2.24, 2.45) is 5.92 Å². The highest BCUT2D eigenvalue weighted by Crippen LogP contribution is 2.29. The molecule has 2 atom stereocenters. The summed E-state index contributed by atoms with van der Waals surface area (Å²) in [4.78, 5) is 16.7. The second kappa shape index (κ2) is 5.80. The van der Waals surface area contributed by atoms with Crippen LogP contribution in [0.4, 0.5) is 0 Å². The fraction of sp³-hybridized carbons (Fsp3) is 0.933. The largest absolute Gasteiger partial charge is 0.396 e. The highest BCUT2D eigenvalue weighted by Gasteiger charge is 2.38. The van der Waals surface area contributed by atoms with Crippen molar-refractivity contribution in [3.63, 3.8) is 0 Å². The Bertz CT molecular complexity index is 328. The second-order valence-corrected chi connectivity index (χ2v) is 6.53. The van der Waals surface area contributed by atoms with Crippen LogP contribution in [0.1, 0.15) is 44.9 Å². The standard InChI is InChI=1S/C15H26N2O2/c18-11-12-8-15(19)17(9-12)14-6-7-16(10-14)13-4-2-1-3-5-13/h12-14,18H,1-11H2. The van der Waals surface area contributed by atoms with Gasteiger partial charge in [0, 0.05) is 50.7 Å². The van der Waals surface area contributed by atoms with E-state index in [2.05, 4.69) is 4.90 Å². The van der Waals surface area contributed by atoms with Gasteiger partial charge in [0.05, 0.1) is 0 Å². The summed E-state index contributed by atoms with van der Waals surface area (Å²) in [6, 6.07) is 1.18. The minimum absolute atomic E-state index is 0.154. The summed E-state index contributed by atoms with van der Waals surface area (Å²) in [5, 5.41) is 9.21. The minimum Gasteiger partial charge on any atom is -0.396 e. The van der Waals surface area contributed by atoms with Crippen LogP contribution in [-0.4, -0.2) is 59.1 Å². The van der Waals surface area contributed by atoms with Crippen molar-refractivity contribution in [2.75, 3.05) is 26.2 Å². The number of carbonyl (C=O) groups excluding carboxylic acids is 1. The average molecular weight is 266 g/mol. The zero-order chi connectivity index (χ0) is 13.2. The molecule has 0 spiro atoms. The van der Waals surface area contributed by atoms with E-state index in [1.165, 1.54) is 32.1 Å². The third kappa shape index (κ3) is 2.79. The molecule has 0 aromatic rings. The van der Waals surface area contributed by atoms with Crippen LogP contribution in [-0.2, 0) is 4.79 Å². The summed E-state index contributed by atoms with van der Waals surface area (Å²) in [6.45, 7) is 3.15. The maximum absolute atomic E-state index is 12.0. The lowest BCUT2D eigenvalue weighted by atomic mass is 9.94. The topological polar surface area (TPSA) is 43.8 Å². The fourth-order valence-corrected chi connectivity index (χ4v) is 4.08. The first-order valence-electron chi connectivity index (χ1n) is 7.92. The lowest BCUT2D eigenvalue weighted by Crippen LogP contribution is -2.41. The summed E-state index contributed by atoms with van der Waals surface area (Å²) in [5.74, 6) is 0.436. The molecule has 108 valence electrons. The van der Waals surface area contributed by atoms with Crippen molar-refractivity contribution in [1.82, 2.24) is 9.80 Å². The molecule has 1 N–H and O–H groups in total. The van der Waals surface area contributed by atoms with Crippen molar-refractivity contribution >= 4 is 5.91 Å². The molecule has 0 bridgehead atoms. The highest BCUT2D eigenvalue weighted by molar-refractivity contribution is 5.79. The number of carbonyl (C=O) groups is 1. The second-order valence-electron chi connectivity index (χ2n) is 6.53. The molecule has 0 aromatic carbocycles. The Labute approximate surface area is 115 Å². The molecule has 1 saturated carbocycles. The summed E-state index contributed by atoms with van der Waals surface area (Å²) in [7, 11) is 0. The maximum Gasteiger partial charge on any atom is 0.223 e. The molecule has 2 saturated heterocycles. The van der Waals surface area contributed by atoms with Crippen LogP contribution >= 0.6 is 0 Å². The summed E-state index contributed by atoms with van der Waals surface area (Å²) in [6.07, 6.45) is 8.52. The molecule has 3 fully saturated rings. The van der Waals surface area contributed by atoms with E-state index in [0.29, 0.717) is 12.5 Å². The van der Waals surface area contributed by atoms with Crippen LogP contribution in [0.3, 0.4) is 0 Å². The molecule has 4 heteroatoms. The van der Waals surface area contributed by atoms with Gasteiger partial charge in [0.2, 0.25) is 5.91 Å². The van der Waals surface area contributed by atoms with Gasteiger partial charge >= 0.3 is 0 Å².